The molecule has 0 bridgehead atoms. The normalized spacial score (nSPS) is 11.0. The molecule has 0 aliphatic rings. The molecule has 1 aromatic heterocycles. The zero-order valence-electron chi connectivity index (χ0n) is 11.9. The van der Waals surface area contributed by atoms with Gasteiger partial charge in [-0.1, -0.05) is 17.7 Å². The third kappa shape index (κ3) is 4.70. The Bertz CT molecular complexity index is 560. The van der Waals surface area contributed by atoms with Crippen molar-refractivity contribution in [1.82, 2.24) is 15.1 Å². The monoisotopic (exact) mass is 298 g/mol. The van der Waals surface area contributed by atoms with Crippen molar-refractivity contribution < 1.29 is 4.79 Å². The first kappa shape index (κ1) is 16.2. The van der Waals surface area contributed by atoms with Gasteiger partial charge in [0.25, 0.3) is 5.56 Å². The summed E-state index contributed by atoms with van der Waals surface area (Å²) in [5, 5.41) is 9.53. The standard InChI is InChI=1S/C13H19ClN4O2/c1-5-6-18-12(20)11(14)9(7-16-18)15-8-10(19)17-13(2,3)4/h5,7,15H,1,6,8H2,2-4H3,(H,17,19). The number of carbonyl (C=O) groups is 1. The van der Waals surface area contributed by atoms with Crippen molar-refractivity contribution in [3.63, 3.8) is 0 Å². The second-order valence-corrected chi connectivity index (χ2v) is 5.68. The van der Waals surface area contributed by atoms with E-state index in [2.05, 4.69) is 22.3 Å². The Morgan fingerprint density at radius 3 is 2.75 bits per heavy atom. The highest BCUT2D eigenvalue weighted by Crippen LogP contribution is 2.14. The predicted molar refractivity (Wildman–Crippen MR) is 80.1 cm³/mol. The zero-order valence-corrected chi connectivity index (χ0v) is 12.6. The fraction of sp³-hybridized carbons (Fsp3) is 0.462. The molecular formula is C13H19ClN4O2. The van der Waals surface area contributed by atoms with Crippen molar-refractivity contribution >= 4 is 23.2 Å². The van der Waals surface area contributed by atoms with Crippen LogP contribution in [-0.4, -0.2) is 27.8 Å². The molecule has 0 saturated heterocycles. The summed E-state index contributed by atoms with van der Waals surface area (Å²) in [6, 6.07) is 0. The van der Waals surface area contributed by atoms with Crippen molar-refractivity contribution in [3.05, 3.63) is 34.2 Å². The van der Waals surface area contributed by atoms with E-state index in [9.17, 15) is 9.59 Å². The molecule has 0 unspecified atom stereocenters. The quantitative estimate of drug-likeness (QED) is 0.806. The zero-order chi connectivity index (χ0) is 15.3. The summed E-state index contributed by atoms with van der Waals surface area (Å²) in [5.41, 5.74) is -0.400. The van der Waals surface area contributed by atoms with Crippen LogP contribution in [0.15, 0.2) is 23.6 Å². The SMILES string of the molecule is C=CCn1ncc(NCC(=O)NC(C)(C)C)c(Cl)c1=O. The molecule has 20 heavy (non-hydrogen) atoms. The van der Waals surface area contributed by atoms with Gasteiger partial charge >= 0.3 is 0 Å². The molecular weight excluding hydrogens is 280 g/mol. The number of aromatic nitrogens is 2. The molecule has 6 nitrogen and oxygen atoms in total. The van der Waals surface area contributed by atoms with Crippen LogP contribution in [-0.2, 0) is 11.3 Å². The number of rotatable bonds is 5. The Morgan fingerprint density at radius 1 is 1.55 bits per heavy atom. The average molecular weight is 299 g/mol. The fourth-order valence-electron chi connectivity index (χ4n) is 1.48. The maximum Gasteiger partial charge on any atom is 0.287 e. The second kappa shape index (κ2) is 6.56. The first-order valence-corrected chi connectivity index (χ1v) is 6.54. The van der Waals surface area contributed by atoms with Crippen LogP contribution in [0.2, 0.25) is 5.02 Å². The van der Waals surface area contributed by atoms with Crippen molar-refractivity contribution in [2.75, 3.05) is 11.9 Å². The van der Waals surface area contributed by atoms with Crippen LogP contribution in [0, 0.1) is 0 Å². The van der Waals surface area contributed by atoms with E-state index in [4.69, 9.17) is 11.6 Å². The minimum absolute atomic E-state index is 0.00501. The van der Waals surface area contributed by atoms with Crippen LogP contribution < -0.4 is 16.2 Å². The minimum Gasteiger partial charge on any atom is -0.373 e. The smallest absolute Gasteiger partial charge is 0.287 e. The number of anilines is 1. The number of allylic oxidation sites excluding steroid dienone is 1. The number of hydrogen-bond donors (Lipinski definition) is 2. The Balaban J connectivity index is 2.75. The van der Waals surface area contributed by atoms with Gasteiger partial charge in [-0.2, -0.15) is 5.10 Å². The van der Waals surface area contributed by atoms with Gasteiger partial charge in [0.15, 0.2) is 0 Å². The van der Waals surface area contributed by atoms with Crippen LogP contribution >= 0.6 is 11.6 Å². The van der Waals surface area contributed by atoms with E-state index in [0.29, 0.717) is 5.69 Å². The van der Waals surface area contributed by atoms with E-state index < -0.39 is 5.56 Å². The predicted octanol–water partition coefficient (Wildman–Crippen LogP) is 1.41. The first-order chi connectivity index (χ1) is 9.24. The van der Waals surface area contributed by atoms with Gasteiger partial charge in [-0.3, -0.25) is 9.59 Å². The fourth-order valence-corrected chi connectivity index (χ4v) is 1.69. The molecule has 0 atom stereocenters. The number of nitrogens with one attached hydrogen (secondary N) is 2. The lowest BCUT2D eigenvalue weighted by molar-refractivity contribution is -0.120. The third-order valence-electron chi connectivity index (χ3n) is 2.24. The van der Waals surface area contributed by atoms with Gasteiger partial charge in [0.2, 0.25) is 5.91 Å². The summed E-state index contributed by atoms with van der Waals surface area (Å²) < 4.78 is 1.19. The minimum atomic E-state index is -0.423. The molecule has 0 spiro atoms. The molecule has 0 radical (unpaired) electrons. The second-order valence-electron chi connectivity index (χ2n) is 5.30. The topological polar surface area (TPSA) is 76.0 Å². The van der Waals surface area contributed by atoms with Crippen molar-refractivity contribution in [1.29, 1.82) is 0 Å². The van der Waals surface area contributed by atoms with E-state index in [0.717, 1.165) is 0 Å². The molecule has 2 N–H and O–H groups in total. The molecule has 1 heterocycles. The van der Waals surface area contributed by atoms with Gasteiger partial charge in [-0.05, 0) is 20.8 Å². The highest BCUT2D eigenvalue weighted by molar-refractivity contribution is 6.33. The van der Waals surface area contributed by atoms with Crippen LogP contribution in [0.4, 0.5) is 5.69 Å². The first-order valence-electron chi connectivity index (χ1n) is 6.16. The molecule has 0 fully saturated rings. The van der Waals surface area contributed by atoms with Gasteiger partial charge in [0, 0.05) is 5.54 Å². The van der Waals surface area contributed by atoms with Gasteiger partial charge in [0.1, 0.15) is 5.02 Å². The largest absolute Gasteiger partial charge is 0.373 e. The molecule has 7 heteroatoms. The van der Waals surface area contributed by atoms with Gasteiger partial charge in [0.05, 0.1) is 25.0 Å². The van der Waals surface area contributed by atoms with Crippen LogP contribution in [0.3, 0.4) is 0 Å². The van der Waals surface area contributed by atoms with E-state index >= 15 is 0 Å². The van der Waals surface area contributed by atoms with E-state index in [-0.39, 0.29) is 29.6 Å². The number of nitrogens with zero attached hydrogens (tertiary/aromatic N) is 2. The van der Waals surface area contributed by atoms with E-state index in [1.807, 2.05) is 20.8 Å². The number of amides is 1. The van der Waals surface area contributed by atoms with Gasteiger partial charge in [-0.15, -0.1) is 6.58 Å². The van der Waals surface area contributed by atoms with Crippen molar-refractivity contribution in [3.8, 4) is 0 Å². The third-order valence-corrected chi connectivity index (χ3v) is 2.61. The van der Waals surface area contributed by atoms with Crippen molar-refractivity contribution in [2.45, 2.75) is 32.9 Å². The highest BCUT2D eigenvalue weighted by atomic mass is 35.5. The maximum absolute atomic E-state index is 11.8. The lowest BCUT2D eigenvalue weighted by atomic mass is 10.1. The van der Waals surface area contributed by atoms with Crippen LogP contribution in [0.1, 0.15) is 20.8 Å². The number of hydrogen-bond acceptors (Lipinski definition) is 4. The lowest BCUT2D eigenvalue weighted by Crippen LogP contribution is -2.43. The molecule has 1 aromatic rings. The maximum atomic E-state index is 11.8. The summed E-state index contributed by atoms with van der Waals surface area (Å²) in [6.07, 6.45) is 2.96. The van der Waals surface area contributed by atoms with Crippen LogP contribution in [0.5, 0.6) is 0 Å². The molecule has 1 rings (SSSR count). The Kier molecular flexibility index (Phi) is 5.33. The molecule has 0 aromatic carbocycles. The molecule has 110 valence electrons. The molecule has 0 saturated carbocycles. The van der Waals surface area contributed by atoms with Gasteiger partial charge in [-0.25, -0.2) is 4.68 Å². The Morgan fingerprint density at radius 2 is 2.20 bits per heavy atom. The average Bonchev–Trinajstić information content (AvgIpc) is 2.32. The molecule has 0 aliphatic carbocycles. The highest BCUT2D eigenvalue weighted by Gasteiger charge is 2.14. The number of carbonyl (C=O) groups excluding carboxylic acids is 1. The molecule has 0 aliphatic heterocycles. The van der Waals surface area contributed by atoms with Crippen LogP contribution in [0.25, 0.3) is 0 Å². The van der Waals surface area contributed by atoms with E-state index in [1.54, 1.807) is 6.08 Å². The van der Waals surface area contributed by atoms with Crippen molar-refractivity contribution in [2.24, 2.45) is 0 Å². The lowest BCUT2D eigenvalue weighted by Gasteiger charge is -2.20. The summed E-state index contributed by atoms with van der Waals surface area (Å²) in [7, 11) is 0. The Hall–Kier alpha value is -1.82. The van der Waals surface area contributed by atoms with Gasteiger partial charge < -0.3 is 10.6 Å². The number of halogens is 1. The van der Waals surface area contributed by atoms with E-state index in [1.165, 1.54) is 10.9 Å². The Labute approximate surface area is 122 Å². The molecule has 1 amide bonds. The summed E-state index contributed by atoms with van der Waals surface area (Å²) >= 11 is 5.95. The summed E-state index contributed by atoms with van der Waals surface area (Å²) in [4.78, 5) is 23.5. The summed E-state index contributed by atoms with van der Waals surface area (Å²) in [6.45, 7) is 9.48. The summed E-state index contributed by atoms with van der Waals surface area (Å²) in [5.74, 6) is -0.191.